The van der Waals surface area contributed by atoms with Crippen molar-refractivity contribution in [3.63, 3.8) is 0 Å². The zero-order chi connectivity index (χ0) is 23.8. The number of hydrogen-bond donors (Lipinski definition) is 2. The van der Waals surface area contributed by atoms with E-state index in [4.69, 9.17) is 16.3 Å². The third kappa shape index (κ3) is 6.34. The Labute approximate surface area is 199 Å². The van der Waals surface area contributed by atoms with Gasteiger partial charge in [0.15, 0.2) is 6.61 Å². The number of halogens is 1. The summed E-state index contributed by atoms with van der Waals surface area (Å²) in [4.78, 5) is 16.6. The number of sulfonamides is 1. The van der Waals surface area contributed by atoms with E-state index < -0.39 is 10.0 Å². The monoisotopic (exact) mass is 490 g/mol. The van der Waals surface area contributed by atoms with Crippen molar-refractivity contribution in [2.75, 3.05) is 38.1 Å². The number of fused-ring (bicyclic) bond motifs is 1. The Morgan fingerprint density at radius 2 is 1.79 bits per heavy atom. The Bertz CT molecular complexity index is 1200. The summed E-state index contributed by atoms with van der Waals surface area (Å²) in [6.07, 6.45) is 1.70. The first-order valence-corrected chi connectivity index (χ1v) is 12.4. The van der Waals surface area contributed by atoms with E-state index in [1.165, 1.54) is 16.4 Å². The van der Waals surface area contributed by atoms with Crippen molar-refractivity contribution < 1.29 is 17.9 Å². The summed E-state index contributed by atoms with van der Waals surface area (Å²) in [5, 5.41) is 7.63. The van der Waals surface area contributed by atoms with E-state index in [1.54, 1.807) is 44.3 Å². The predicted octanol–water partition coefficient (Wildman–Crippen LogP) is 3.53. The van der Waals surface area contributed by atoms with Crippen LogP contribution in [0, 0.1) is 0 Å². The molecule has 0 aliphatic carbocycles. The quantitative estimate of drug-likeness (QED) is 0.399. The summed E-state index contributed by atoms with van der Waals surface area (Å²) >= 11 is 6.01. The van der Waals surface area contributed by atoms with Gasteiger partial charge >= 0.3 is 0 Å². The second-order valence-electron chi connectivity index (χ2n) is 7.15. The van der Waals surface area contributed by atoms with Crippen LogP contribution < -0.4 is 15.4 Å². The van der Waals surface area contributed by atoms with Crippen LogP contribution in [0.4, 0.5) is 5.69 Å². The first kappa shape index (κ1) is 24.8. The smallest absolute Gasteiger partial charge is 0.258 e. The number of benzene rings is 2. The molecule has 2 aromatic carbocycles. The van der Waals surface area contributed by atoms with Gasteiger partial charge in [-0.25, -0.2) is 8.42 Å². The minimum absolute atomic E-state index is 0.168. The summed E-state index contributed by atoms with van der Waals surface area (Å²) in [5.41, 5.74) is 1.70. The molecule has 0 unspecified atom stereocenters. The first-order valence-electron chi connectivity index (χ1n) is 10.6. The lowest BCUT2D eigenvalue weighted by Crippen LogP contribution is -2.32. The molecule has 0 saturated carbocycles. The van der Waals surface area contributed by atoms with Crippen molar-refractivity contribution in [2.24, 2.45) is 0 Å². The number of nitrogens with zero attached hydrogens (tertiary/aromatic N) is 2. The maximum absolute atomic E-state index is 12.5. The van der Waals surface area contributed by atoms with Crippen molar-refractivity contribution in [3.05, 3.63) is 59.8 Å². The maximum atomic E-state index is 12.5. The molecule has 0 saturated heterocycles. The second-order valence-corrected chi connectivity index (χ2v) is 9.52. The number of nitrogens with one attached hydrogen (secondary N) is 2. The molecule has 0 radical (unpaired) electrons. The molecule has 3 aromatic rings. The molecule has 0 aliphatic rings. The molecule has 10 heteroatoms. The molecule has 0 spiro atoms. The summed E-state index contributed by atoms with van der Waals surface area (Å²) in [5.74, 6) is 0.145. The molecule has 176 valence electrons. The molecular weight excluding hydrogens is 464 g/mol. The van der Waals surface area contributed by atoms with E-state index in [-0.39, 0.29) is 17.4 Å². The number of pyridine rings is 1. The van der Waals surface area contributed by atoms with E-state index in [2.05, 4.69) is 15.6 Å². The fraction of sp³-hybridized carbons (Fsp3) is 0.304. The molecule has 0 bridgehead atoms. The van der Waals surface area contributed by atoms with Gasteiger partial charge in [0.1, 0.15) is 5.75 Å². The molecular formula is C23H27ClN4O4S. The van der Waals surface area contributed by atoms with Crippen LogP contribution in [-0.2, 0) is 14.8 Å². The van der Waals surface area contributed by atoms with Gasteiger partial charge in [0.2, 0.25) is 10.0 Å². The van der Waals surface area contributed by atoms with Crippen molar-refractivity contribution >= 4 is 44.1 Å². The standard InChI is InChI=1S/C23H27ClN4O4S/c1-3-28(4-2)33(30,31)19-8-6-18(7-9-19)32-16-23(29)27-14-13-26-21-11-12-25-22-15-17(24)5-10-20(21)22/h5-12,15H,3-4,13-14,16H2,1-2H3,(H,25,26)(H,27,29). The van der Waals surface area contributed by atoms with Crippen LogP contribution in [0.3, 0.4) is 0 Å². The molecule has 1 amide bonds. The normalized spacial score (nSPS) is 11.5. The van der Waals surface area contributed by atoms with Crippen LogP contribution in [-0.4, -0.2) is 56.4 Å². The Morgan fingerprint density at radius 3 is 2.48 bits per heavy atom. The van der Waals surface area contributed by atoms with Gasteiger partial charge in [0.25, 0.3) is 5.91 Å². The van der Waals surface area contributed by atoms with E-state index >= 15 is 0 Å². The average molecular weight is 491 g/mol. The first-order chi connectivity index (χ1) is 15.8. The fourth-order valence-electron chi connectivity index (χ4n) is 3.29. The summed E-state index contributed by atoms with van der Waals surface area (Å²) in [6, 6.07) is 13.4. The third-order valence-corrected chi connectivity index (χ3v) is 7.30. The van der Waals surface area contributed by atoms with Crippen LogP contribution in [0.5, 0.6) is 5.75 Å². The highest BCUT2D eigenvalue weighted by molar-refractivity contribution is 7.89. The molecule has 2 N–H and O–H groups in total. The van der Waals surface area contributed by atoms with Gasteiger partial charge in [-0.1, -0.05) is 25.4 Å². The highest BCUT2D eigenvalue weighted by Crippen LogP contribution is 2.24. The molecule has 33 heavy (non-hydrogen) atoms. The summed E-state index contributed by atoms with van der Waals surface area (Å²) < 4.78 is 31.9. The molecule has 1 heterocycles. The van der Waals surface area contributed by atoms with Crippen molar-refractivity contribution in [3.8, 4) is 5.75 Å². The van der Waals surface area contributed by atoms with Crippen molar-refractivity contribution in [2.45, 2.75) is 18.7 Å². The zero-order valence-electron chi connectivity index (χ0n) is 18.5. The van der Waals surface area contributed by atoms with Crippen LogP contribution in [0.15, 0.2) is 59.6 Å². The van der Waals surface area contributed by atoms with Gasteiger partial charge in [0, 0.05) is 48.5 Å². The van der Waals surface area contributed by atoms with E-state index in [9.17, 15) is 13.2 Å². The molecule has 0 atom stereocenters. The minimum Gasteiger partial charge on any atom is -0.484 e. The van der Waals surface area contributed by atoms with E-state index in [0.717, 1.165) is 16.6 Å². The van der Waals surface area contributed by atoms with Gasteiger partial charge in [0.05, 0.1) is 10.4 Å². The second kappa shape index (κ2) is 11.3. The summed E-state index contributed by atoms with van der Waals surface area (Å²) in [7, 11) is -3.52. The largest absolute Gasteiger partial charge is 0.484 e. The zero-order valence-corrected chi connectivity index (χ0v) is 20.1. The highest BCUT2D eigenvalue weighted by Gasteiger charge is 2.21. The van der Waals surface area contributed by atoms with E-state index in [1.807, 2.05) is 12.1 Å². The number of carbonyl (C=O) groups is 1. The van der Waals surface area contributed by atoms with Crippen LogP contribution in [0.2, 0.25) is 5.02 Å². The van der Waals surface area contributed by atoms with Gasteiger partial charge in [-0.15, -0.1) is 0 Å². The van der Waals surface area contributed by atoms with Crippen molar-refractivity contribution in [1.82, 2.24) is 14.6 Å². The van der Waals surface area contributed by atoms with E-state index in [0.29, 0.717) is 37.0 Å². The number of amides is 1. The highest BCUT2D eigenvalue weighted by atomic mass is 35.5. The number of anilines is 1. The van der Waals surface area contributed by atoms with Crippen LogP contribution >= 0.6 is 11.6 Å². The molecule has 8 nitrogen and oxygen atoms in total. The minimum atomic E-state index is -3.52. The van der Waals surface area contributed by atoms with Crippen molar-refractivity contribution in [1.29, 1.82) is 0 Å². The molecule has 0 fully saturated rings. The van der Waals surface area contributed by atoms with Gasteiger partial charge < -0.3 is 15.4 Å². The number of hydrogen-bond acceptors (Lipinski definition) is 6. The summed E-state index contributed by atoms with van der Waals surface area (Å²) in [6.45, 7) is 5.14. The topological polar surface area (TPSA) is 101 Å². The van der Waals surface area contributed by atoms with Gasteiger partial charge in [-0.05, 0) is 48.5 Å². The number of carbonyl (C=O) groups excluding carboxylic acids is 1. The fourth-order valence-corrected chi connectivity index (χ4v) is 4.92. The Morgan fingerprint density at radius 1 is 1.06 bits per heavy atom. The number of ether oxygens (including phenoxy) is 1. The third-order valence-electron chi connectivity index (χ3n) is 5.00. The predicted molar refractivity (Wildman–Crippen MR) is 130 cm³/mol. The van der Waals surface area contributed by atoms with Gasteiger partial charge in [-0.3, -0.25) is 9.78 Å². The molecule has 3 rings (SSSR count). The Balaban J connectivity index is 1.45. The lowest BCUT2D eigenvalue weighted by atomic mass is 10.2. The molecule has 1 aromatic heterocycles. The number of aromatic nitrogens is 1. The van der Waals surface area contributed by atoms with Gasteiger partial charge in [-0.2, -0.15) is 4.31 Å². The Hall–Kier alpha value is -2.88. The lowest BCUT2D eigenvalue weighted by Gasteiger charge is -2.18. The van der Waals surface area contributed by atoms with Crippen LogP contribution in [0.1, 0.15) is 13.8 Å². The SMILES string of the molecule is CCN(CC)S(=O)(=O)c1ccc(OCC(=O)NCCNc2ccnc3cc(Cl)ccc23)cc1. The average Bonchev–Trinajstić information content (AvgIpc) is 2.81. The lowest BCUT2D eigenvalue weighted by molar-refractivity contribution is -0.123. The Kier molecular flexibility index (Phi) is 8.49. The molecule has 0 aliphatic heterocycles. The maximum Gasteiger partial charge on any atom is 0.258 e. The number of rotatable bonds is 11. The van der Waals surface area contributed by atoms with Crippen LogP contribution in [0.25, 0.3) is 10.9 Å².